The molecule has 1 aromatic rings. The molecule has 0 atom stereocenters. The molecule has 2 nitrogen and oxygen atoms in total. The molecule has 1 saturated heterocycles. The molecule has 0 saturated carbocycles. The number of nitrogens with zero attached hydrogens (tertiary/aromatic N) is 1. The molecule has 3 heteroatoms. The summed E-state index contributed by atoms with van der Waals surface area (Å²) in [5, 5.41) is 0.646. The number of piperidine rings is 1. The predicted molar refractivity (Wildman–Crippen MR) is 74.2 cm³/mol. The quantitative estimate of drug-likeness (QED) is 0.816. The van der Waals surface area contributed by atoms with Gasteiger partial charge in [-0.15, -0.1) is 0 Å². The lowest BCUT2D eigenvalue weighted by atomic mass is 9.84. The Hall–Kier alpha value is -0.730. The third-order valence-electron chi connectivity index (χ3n) is 3.45. The smallest absolute Gasteiger partial charge is 0.0635 e. The maximum atomic E-state index is 5.93. The number of benzene rings is 1. The summed E-state index contributed by atoms with van der Waals surface area (Å²) >= 11 is 5.93. The van der Waals surface area contributed by atoms with E-state index in [1.54, 1.807) is 0 Å². The number of hydrogen-bond donors (Lipinski definition) is 1. The number of likely N-dealkylation sites (tertiary alicyclic amines) is 1. The minimum atomic E-state index is 0.441. The van der Waals surface area contributed by atoms with E-state index in [0.29, 0.717) is 16.1 Å². The summed E-state index contributed by atoms with van der Waals surface area (Å²) < 4.78 is 0. The van der Waals surface area contributed by atoms with Crippen molar-refractivity contribution in [2.45, 2.75) is 33.2 Å². The molecule has 1 aliphatic rings. The van der Waals surface area contributed by atoms with Gasteiger partial charge in [0.05, 0.1) is 10.7 Å². The molecule has 0 bridgehead atoms. The van der Waals surface area contributed by atoms with Gasteiger partial charge in [0.25, 0.3) is 0 Å². The second kappa shape index (κ2) is 4.87. The van der Waals surface area contributed by atoms with E-state index in [-0.39, 0.29) is 0 Å². The third kappa shape index (κ3) is 3.36. The minimum Gasteiger partial charge on any atom is -0.398 e. The molecule has 1 fully saturated rings. The summed E-state index contributed by atoms with van der Waals surface area (Å²) in [5.41, 5.74) is 8.20. The standard InChI is InChI=1S/C14H21ClN2/c1-14(2)6-3-7-17(10-14)9-11-4-5-12(15)13(16)8-11/h4-5,8H,3,6-7,9-10,16H2,1-2H3. The summed E-state index contributed by atoms with van der Waals surface area (Å²) in [6.45, 7) is 8.01. The predicted octanol–water partition coefficient (Wildman–Crippen LogP) is 3.54. The molecule has 0 radical (unpaired) electrons. The Morgan fingerprint density at radius 1 is 1.41 bits per heavy atom. The zero-order valence-corrected chi connectivity index (χ0v) is 11.4. The average molecular weight is 253 g/mol. The SMILES string of the molecule is CC1(C)CCCN(Cc2ccc(Cl)c(N)c2)C1. The highest BCUT2D eigenvalue weighted by Gasteiger charge is 2.26. The van der Waals surface area contributed by atoms with Gasteiger partial charge in [-0.1, -0.05) is 31.5 Å². The molecule has 1 heterocycles. The van der Waals surface area contributed by atoms with Crippen molar-refractivity contribution in [1.29, 1.82) is 0 Å². The second-order valence-electron chi connectivity index (χ2n) is 5.83. The van der Waals surface area contributed by atoms with E-state index < -0.39 is 0 Å². The Balaban J connectivity index is 2.03. The molecule has 0 aromatic heterocycles. The summed E-state index contributed by atoms with van der Waals surface area (Å²) in [6.07, 6.45) is 2.61. The Labute approximate surface area is 109 Å². The first-order valence-corrected chi connectivity index (χ1v) is 6.60. The number of halogens is 1. The number of anilines is 1. The van der Waals surface area contributed by atoms with E-state index in [1.165, 1.54) is 24.9 Å². The van der Waals surface area contributed by atoms with Crippen LogP contribution in [0.25, 0.3) is 0 Å². The van der Waals surface area contributed by atoms with Crippen LogP contribution >= 0.6 is 11.6 Å². The number of rotatable bonds is 2. The Kier molecular flexibility index (Phi) is 3.64. The highest BCUT2D eigenvalue weighted by atomic mass is 35.5. The summed E-state index contributed by atoms with van der Waals surface area (Å²) in [4.78, 5) is 2.51. The van der Waals surface area contributed by atoms with E-state index in [0.717, 1.165) is 13.1 Å². The van der Waals surface area contributed by atoms with Gasteiger partial charge in [0.1, 0.15) is 0 Å². The van der Waals surface area contributed by atoms with Gasteiger partial charge < -0.3 is 5.73 Å². The highest BCUT2D eigenvalue weighted by molar-refractivity contribution is 6.33. The van der Waals surface area contributed by atoms with Crippen LogP contribution in [0.2, 0.25) is 5.02 Å². The fourth-order valence-corrected chi connectivity index (χ4v) is 2.75. The fourth-order valence-electron chi connectivity index (χ4n) is 2.63. The first-order chi connectivity index (χ1) is 7.96. The van der Waals surface area contributed by atoms with Crippen LogP contribution in [-0.4, -0.2) is 18.0 Å². The molecular formula is C14H21ClN2. The second-order valence-corrected chi connectivity index (χ2v) is 6.24. The molecule has 0 spiro atoms. The van der Waals surface area contributed by atoms with Crippen LogP contribution in [0.4, 0.5) is 5.69 Å². The number of nitrogen functional groups attached to an aromatic ring is 1. The van der Waals surface area contributed by atoms with Crippen molar-refractivity contribution in [1.82, 2.24) is 4.90 Å². The molecule has 2 N–H and O–H groups in total. The van der Waals surface area contributed by atoms with Crippen molar-refractivity contribution in [3.8, 4) is 0 Å². The maximum Gasteiger partial charge on any atom is 0.0635 e. The Morgan fingerprint density at radius 2 is 2.18 bits per heavy atom. The molecule has 2 rings (SSSR count). The number of nitrogens with two attached hydrogens (primary N) is 1. The fraction of sp³-hybridized carbons (Fsp3) is 0.571. The van der Waals surface area contributed by atoms with E-state index in [1.807, 2.05) is 12.1 Å². The van der Waals surface area contributed by atoms with Crippen LogP contribution in [0.3, 0.4) is 0 Å². The monoisotopic (exact) mass is 252 g/mol. The molecule has 17 heavy (non-hydrogen) atoms. The normalized spacial score (nSPS) is 20.4. The summed E-state index contributed by atoms with van der Waals surface area (Å²) in [7, 11) is 0. The maximum absolute atomic E-state index is 5.93. The van der Waals surface area contributed by atoms with Crippen LogP contribution < -0.4 is 5.73 Å². The largest absolute Gasteiger partial charge is 0.398 e. The van der Waals surface area contributed by atoms with Crippen molar-refractivity contribution in [2.24, 2.45) is 5.41 Å². The van der Waals surface area contributed by atoms with Crippen LogP contribution in [0.15, 0.2) is 18.2 Å². The summed E-state index contributed by atoms with van der Waals surface area (Å²) in [6, 6.07) is 5.95. The van der Waals surface area contributed by atoms with E-state index >= 15 is 0 Å². The van der Waals surface area contributed by atoms with E-state index in [2.05, 4.69) is 24.8 Å². The van der Waals surface area contributed by atoms with Gasteiger partial charge in [0, 0.05) is 13.1 Å². The van der Waals surface area contributed by atoms with Crippen LogP contribution in [0.1, 0.15) is 32.3 Å². The lowest BCUT2D eigenvalue weighted by Gasteiger charge is -2.38. The lowest BCUT2D eigenvalue weighted by Crippen LogP contribution is -2.39. The third-order valence-corrected chi connectivity index (χ3v) is 3.79. The first-order valence-electron chi connectivity index (χ1n) is 6.23. The molecule has 94 valence electrons. The molecule has 1 aromatic carbocycles. The molecule has 0 amide bonds. The van der Waals surface area contributed by atoms with E-state index in [9.17, 15) is 0 Å². The van der Waals surface area contributed by atoms with Crippen LogP contribution in [-0.2, 0) is 6.54 Å². The topological polar surface area (TPSA) is 29.3 Å². The van der Waals surface area contributed by atoms with Crippen molar-refractivity contribution >= 4 is 17.3 Å². The number of hydrogen-bond acceptors (Lipinski definition) is 2. The van der Waals surface area contributed by atoms with Gasteiger partial charge in [0.15, 0.2) is 0 Å². The van der Waals surface area contributed by atoms with Crippen molar-refractivity contribution < 1.29 is 0 Å². The van der Waals surface area contributed by atoms with Gasteiger partial charge >= 0.3 is 0 Å². The van der Waals surface area contributed by atoms with Crippen molar-refractivity contribution in [3.63, 3.8) is 0 Å². The van der Waals surface area contributed by atoms with Crippen LogP contribution in [0.5, 0.6) is 0 Å². The molecular weight excluding hydrogens is 232 g/mol. The zero-order valence-electron chi connectivity index (χ0n) is 10.7. The van der Waals surface area contributed by atoms with Gasteiger partial charge in [0.2, 0.25) is 0 Å². The Morgan fingerprint density at radius 3 is 2.82 bits per heavy atom. The van der Waals surface area contributed by atoms with Crippen LogP contribution in [0, 0.1) is 5.41 Å². The molecule has 0 unspecified atom stereocenters. The van der Waals surface area contributed by atoms with Gasteiger partial charge in [-0.05, 0) is 42.5 Å². The van der Waals surface area contributed by atoms with Crippen molar-refractivity contribution in [2.75, 3.05) is 18.8 Å². The van der Waals surface area contributed by atoms with Gasteiger partial charge in [-0.2, -0.15) is 0 Å². The van der Waals surface area contributed by atoms with E-state index in [4.69, 9.17) is 17.3 Å². The first kappa shape index (κ1) is 12.7. The zero-order chi connectivity index (χ0) is 12.5. The molecule has 0 aliphatic carbocycles. The van der Waals surface area contributed by atoms with Crippen molar-refractivity contribution in [3.05, 3.63) is 28.8 Å². The lowest BCUT2D eigenvalue weighted by molar-refractivity contribution is 0.112. The van der Waals surface area contributed by atoms with Gasteiger partial charge in [-0.3, -0.25) is 4.90 Å². The minimum absolute atomic E-state index is 0.441. The average Bonchev–Trinajstić information content (AvgIpc) is 2.22. The molecule has 1 aliphatic heterocycles. The Bertz CT molecular complexity index is 401. The highest BCUT2D eigenvalue weighted by Crippen LogP contribution is 2.29. The summed E-state index contributed by atoms with van der Waals surface area (Å²) in [5.74, 6) is 0. The van der Waals surface area contributed by atoms with Gasteiger partial charge in [-0.25, -0.2) is 0 Å².